The van der Waals surface area contributed by atoms with Gasteiger partial charge in [-0.3, -0.25) is 0 Å². The van der Waals surface area contributed by atoms with Crippen LogP contribution in [0.1, 0.15) is 38.9 Å². The highest BCUT2D eigenvalue weighted by molar-refractivity contribution is 5.47. The van der Waals surface area contributed by atoms with Crippen molar-refractivity contribution in [2.45, 2.75) is 39.7 Å². The molecule has 0 aromatic carbocycles. The van der Waals surface area contributed by atoms with Crippen LogP contribution in [0, 0.1) is 0 Å². The monoisotopic (exact) mass is 282 g/mol. The van der Waals surface area contributed by atoms with Crippen LogP contribution < -0.4 is 10.6 Å². The lowest BCUT2D eigenvalue weighted by atomic mass is 10.2. The van der Waals surface area contributed by atoms with Gasteiger partial charge in [-0.25, -0.2) is 9.97 Å². The molecule has 0 aliphatic heterocycles. The molecule has 1 rings (SSSR count). The Balaban J connectivity index is 2.55. The van der Waals surface area contributed by atoms with Gasteiger partial charge in [0.05, 0.1) is 0 Å². The molecule has 6 heteroatoms. The number of hydrogen-bond donors (Lipinski definition) is 3. The van der Waals surface area contributed by atoms with E-state index in [1.165, 1.54) is 0 Å². The van der Waals surface area contributed by atoms with E-state index in [9.17, 15) is 0 Å². The SMILES string of the molecule is CCNc1cc(NCCCCCO)nc(COCC)n1. The number of nitrogens with one attached hydrogen (secondary N) is 2. The summed E-state index contributed by atoms with van der Waals surface area (Å²) >= 11 is 0. The van der Waals surface area contributed by atoms with Crippen molar-refractivity contribution in [3.05, 3.63) is 11.9 Å². The quantitative estimate of drug-likeness (QED) is 0.539. The highest BCUT2D eigenvalue weighted by Gasteiger charge is 2.04. The van der Waals surface area contributed by atoms with Gasteiger partial charge < -0.3 is 20.5 Å². The van der Waals surface area contributed by atoms with Crippen molar-refractivity contribution in [2.75, 3.05) is 36.9 Å². The number of rotatable bonds is 11. The van der Waals surface area contributed by atoms with Gasteiger partial charge in [-0.15, -0.1) is 0 Å². The standard InChI is InChI=1S/C14H26N4O2/c1-3-15-12-10-13(16-8-6-5-7-9-19)18-14(17-12)11-20-4-2/h10,19H,3-9,11H2,1-2H3,(H2,15,16,17,18). The van der Waals surface area contributed by atoms with Crippen LogP contribution in [0.2, 0.25) is 0 Å². The molecule has 0 saturated heterocycles. The lowest BCUT2D eigenvalue weighted by Gasteiger charge is -2.10. The Kier molecular flexibility index (Phi) is 8.66. The molecule has 0 saturated carbocycles. The van der Waals surface area contributed by atoms with Crippen molar-refractivity contribution >= 4 is 11.6 Å². The Morgan fingerprint density at radius 3 is 2.50 bits per heavy atom. The molecule has 0 amide bonds. The summed E-state index contributed by atoms with van der Waals surface area (Å²) in [4.78, 5) is 8.83. The second-order valence-corrected chi connectivity index (χ2v) is 4.43. The molecule has 0 fully saturated rings. The average molecular weight is 282 g/mol. The number of unbranched alkanes of at least 4 members (excludes halogenated alkanes) is 2. The van der Waals surface area contributed by atoms with Crippen molar-refractivity contribution in [1.29, 1.82) is 0 Å². The normalized spacial score (nSPS) is 10.6. The van der Waals surface area contributed by atoms with Crippen LogP contribution in [0.25, 0.3) is 0 Å². The molecule has 0 aliphatic carbocycles. The molecule has 1 heterocycles. The summed E-state index contributed by atoms with van der Waals surface area (Å²) in [5, 5.41) is 15.2. The number of hydrogen-bond acceptors (Lipinski definition) is 6. The van der Waals surface area contributed by atoms with Gasteiger partial charge in [0.1, 0.15) is 18.2 Å². The summed E-state index contributed by atoms with van der Waals surface area (Å²) < 4.78 is 5.36. The van der Waals surface area contributed by atoms with E-state index in [0.29, 0.717) is 19.0 Å². The van der Waals surface area contributed by atoms with Gasteiger partial charge in [-0.05, 0) is 33.1 Å². The summed E-state index contributed by atoms with van der Waals surface area (Å²) in [5.41, 5.74) is 0. The minimum atomic E-state index is 0.260. The van der Waals surface area contributed by atoms with E-state index in [1.807, 2.05) is 19.9 Å². The average Bonchev–Trinajstić information content (AvgIpc) is 2.45. The van der Waals surface area contributed by atoms with E-state index in [1.54, 1.807) is 0 Å². The van der Waals surface area contributed by atoms with Crippen molar-refractivity contribution in [2.24, 2.45) is 0 Å². The molecule has 0 bridgehead atoms. The second-order valence-electron chi connectivity index (χ2n) is 4.43. The Hall–Kier alpha value is -1.40. The Morgan fingerprint density at radius 2 is 1.85 bits per heavy atom. The first-order chi connectivity index (χ1) is 9.80. The minimum Gasteiger partial charge on any atom is -0.396 e. The van der Waals surface area contributed by atoms with Gasteiger partial charge in [0.25, 0.3) is 0 Å². The highest BCUT2D eigenvalue weighted by Crippen LogP contribution is 2.12. The number of aliphatic hydroxyl groups is 1. The van der Waals surface area contributed by atoms with E-state index in [-0.39, 0.29) is 6.61 Å². The van der Waals surface area contributed by atoms with E-state index >= 15 is 0 Å². The number of nitrogens with zero attached hydrogens (tertiary/aromatic N) is 2. The molecule has 6 nitrogen and oxygen atoms in total. The third-order valence-corrected chi connectivity index (χ3v) is 2.71. The molecule has 0 aliphatic rings. The first-order valence-corrected chi connectivity index (χ1v) is 7.34. The molecule has 0 spiro atoms. The van der Waals surface area contributed by atoms with Crippen molar-refractivity contribution in [3.63, 3.8) is 0 Å². The number of ether oxygens (including phenoxy) is 1. The van der Waals surface area contributed by atoms with Gasteiger partial charge >= 0.3 is 0 Å². The zero-order chi connectivity index (χ0) is 14.6. The molecular formula is C14H26N4O2. The largest absolute Gasteiger partial charge is 0.396 e. The topological polar surface area (TPSA) is 79.3 Å². The molecule has 1 aromatic rings. The van der Waals surface area contributed by atoms with Gasteiger partial charge in [0.2, 0.25) is 0 Å². The highest BCUT2D eigenvalue weighted by atomic mass is 16.5. The molecule has 0 radical (unpaired) electrons. The first-order valence-electron chi connectivity index (χ1n) is 7.34. The maximum absolute atomic E-state index is 8.73. The summed E-state index contributed by atoms with van der Waals surface area (Å²) in [6.07, 6.45) is 2.88. The number of anilines is 2. The van der Waals surface area contributed by atoms with Gasteiger partial charge in [-0.1, -0.05) is 0 Å². The fourth-order valence-electron chi connectivity index (χ4n) is 1.75. The smallest absolute Gasteiger partial charge is 0.158 e. The number of aromatic nitrogens is 2. The predicted molar refractivity (Wildman–Crippen MR) is 81.0 cm³/mol. The Labute approximate surface area is 121 Å². The third-order valence-electron chi connectivity index (χ3n) is 2.71. The molecule has 20 heavy (non-hydrogen) atoms. The molecule has 1 aromatic heterocycles. The van der Waals surface area contributed by atoms with Crippen molar-refractivity contribution in [3.8, 4) is 0 Å². The van der Waals surface area contributed by atoms with Crippen LogP contribution in [0.3, 0.4) is 0 Å². The lowest BCUT2D eigenvalue weighted by Crippen LogP contribution is -2.10. The maximum Gasteiger partial charge on any atom is 0.158 e. The van der Waals surface area contributed by atoms with Crippen LogP contribution in [0.15, 0.2) is 6.07 Å². The first kappa shape index (κ1) is 16.7. The van der Waals surface area contributed by atoms with Crippen LogP contribution >= 0.6 is 0 Å². The molecule has 0 unspecified atom stereocenters. The van der Waals surface area contributed by atoms with Crippen LogP contribution in [0.4, 0.5) is 11.6 Å². The summed E-state index contributed by atoms with van der Waals surface area (Å²) in [6.45, 7) is 6.99. The lowest BCUT2D eigenvalue weighted by molar-refractivity contribution is 0.128. The third kappa shape index (κ3) is 6.68. The fourth-order valence-corrected chi connectivity index (χ4v) is 1.75. The molecule has 3 N–H and O–H groups in total. The summed E-state index contributed by atoms with van der Waals surface area (Å²) in [5.74, 6) is 2.31. The fraction of sp³-hybridized carbons (Fsp3) is 0.714. The predicted octanol–water partition coefficient (Wildman–Crippen LogP) is 2.02. The van der Waals surface area contributed by atoms with E-state index in [4.69, 9.17) is 9.84 Å². The van der Waals surface area contributed by atoms with Crippen molar-refractivity contribution in [1.82, 2.24) is 9.97 Å². The summed E-state index contributed by atoms with van der Waals surface area (Å²) in [7, 11) is 0. The summed E-state index contributed by atoms with van der Waals surface area (Å²) in [6, 6.07) is 1.91. The van der Waals surface area contributed by atoms with Gasteiger partial charge in [-0.2, -0.15) is 0 Å². The zero-order valence-corrected chi connectivity index (χ0v) is 12.5. The Morgan fingerprint density at radius 1 is 1.10 bits per heavy atom. The van der Waals surface area contributed by atoms with E-state index in [0.717, 1.165) is 44.0 Å². The van der Waals surface area contributed by atoms with Crippen LogP contribution in [-0.2, 0) is 11.3 Å². The molecular weight excluding hydrogens is 256 g/mol. The number of aliphatic hydroxyl groups excluding tert-OH is 1. The Bertz CT molecular complexity index is 374. The molecule has 114 valence electrons. The van der Waals surface area contributed by atoms with Gasteiger partial charge in [0, 0.05) is 32.4 Å². The zero-order valence-electron chi connectivity index (χ0n) is 12.5. The molecule has 0 atom stereocenters. The second kappa shape index (κ2) is 10.4. The maximum atomic E-state index is 8.73. The van der Waals surface area contributed by atoms with E-state index < -0.39 is 0 Å². The van der Waals surface area contributed by atoms with Crippen LogP contribution in [0.5, 0.6) is 0 Å². The van der Waals surface area contributed by atoms with Crippen molar-refractivity contribution < 1.29 is 9.84 Å². The van der Waals surface area contributed by atoms with Crippen LogP contribution in [-0.4, -0.2) is 41.4 Å². The minimum absolute atomic E-state index is 0.260. The van der Waals surface area contributed by atoms with E-state index in [2.05, 4.69) is 20.6 Å². The van der Waals surface area contributed by atoms with Gasteiger partial charge in [0.15, 0.2) is 5.82 Å².